The Morgan fingerprint density at radius 2 is 0.452 bits per heavy atom. The van der Waals surface area contributed by atoms with E-state index in [2.05, 4.69) is 15.0 Å². The molecule has 22 aromatic rings. The highest BCUT2D eigenvalue weighted by molar-refractivity contribution is 6.14. The van der Waals surface area contributed by atoms with Crippen molar-refractivity contribution in [1.29, 1.82) is 0 Å². The third-order valence-electron chi connectivity index (χ3n) is 18.0. The van der Waals surface area contributed by atoms with E-state index in [1.54, 1.807) is 0 Å². The lowest BCUT2D eigenvalue weighted by molar-refractivity contribution is 0.891. The number of hydrogen-bond donors (Lipinski definition) is 0. The van der Waals surface area contributed by atoms with Crippen molar-refractivity contribution in [3.63, 3.8) is 0 Å². The Bertz CT molecular complexity index is 8990. The normalized spacial score (nSPS) is 17.1. The summed E-state index contributed by atoms with van der Waals surface area (Å²) in [7, 11) is 0. The van der Waals surface area contributed by atoms with Gasteiger partial charge >= 0.3 is 0 Å². The molecule has 0 saturated heterocycles. The number of fused-ring (bicyclic) bond motifs is 18. The molecule has 0 atom stereocenters. The van der Waals surface area contributed by atoms with Gasteiger partial charge in [-0.15, -0.1) is 0 Å². The molecule has 8 aromatic heterocycles. The van der Waals surface area contributed by atoms with E-state index in [4.69, 9.17) is 47.9 Å². The third-order valence-corrected chi connectivity index (χ3v) is 18.0. The zero-order valence-corrected chi connectivity index (χ0v) is 53.6. The van der Waals surface area contributed by atoms with Crippen molar-refractivity contribution in [2.45, 2.75) is 13.8 Å². The maximum absolute atomic E-state index is 9.64. The Kier molecular flexibility index (Phi) is 7.26. The number of nitrogens with zero attached hydrogens (tertiary/aromatic N) is 12. The van der Waals surface area contributed by atoms with Crippen LogP contribution in [0, 0.1) is 13.8 Å². The average Bonchev–Trinajstić information content (AvgIpc) is 1.53. The van der Waals surface area contributed by atoms with Crippen LogP contribution in [0.15, 0.2) is 327 Å². The lowest BCUT2D eigenvalue weighted by Crippen LogP contribution is -2.11. The van der Waals surface area contributed by atoms with E-state index in [-0.39, 0.29) is 79.4 Å². The van der Waals surface area contributed by atoms with Gasteiger partial charge < -0.3 is 9.13 Å². The molecule has 14 aromatic carbocycles. The Balaban J connectivity index is 0.000000172. The van der Waals surface area contributed by atoms with Gasteiger partial charge in [0.05, 0.1) is 130 Å². The minimum atomic E-state index is -1.07. The second kappa shape index (κ2) is 23.2. The highest BCUT2D eigenvalue weighted by Gasteiger charge is 2.26. The summed E-state index contributed by atoms with van der Waals surface area (Å²) in [6, 6.07) is 2.03. The highest BCUT2D eigenvalue weighted by atomic mass is 15.3. The maximum Gasteiger partial charge on any atom is 0.240 e. The molecule has 0 amide bonds. The number of aromatic nitrogens is 12. The van der Waals surface area contributed by atoms with E-state index in [0.29, 0.717) is 0 Å². The van der Waals surface area contributed by atoms with Crippen LogP contribution < -0.4 is 0 Å². The standard InChI is InChI=1S/2C46H30N6/c1-29-26-27-43-36(28-29)34-18-6-8-20-37(34)50(43)42-25-13-7-19-35(42)44-47-45(51-38-21-9-2-14-30(38)31-15-3-10-22-39(31)51)49-46(48-44)52-40-23-11-4-16-32(40)33-17-5-12-24-41(33)52;1-29-26-27-43-36(28-29)34-18-6-12-24-41(34)52(43)46-48-44(47-45(49-46)51-39-22-10-4-16-32(39)33-17-5-11-23-40(33)51)35-19-7-13-25-42(35)50-37-20-8-2-14-30(37)31-15-3-9-21-38(31)50/h2*2-28H,1H3/i6D,7D,8D,13D,18D,19D,20D,25D,26D,27D,28D;2D,3D,4D,5D,6D,7D,8D,9D,10D,11D,12D,13D,14D,15D,16D,17D,18D,19D,20D,21D,22D,23D,24D,25D,26D,27D,28D. The average molecular weight is 1370 g/mol. The van der Waals surface area contributed by atoms with Crippen LogP contribution in [0.5, 0.6) is 0 Å². The molecule has 22 rings (SSSR count). The molecule has 12 nitrogen and oxygen atoms in total. The quantitative estimate of drug-likeness (QED) is 0.150. The van der Waals surface area contributed by atoms with Crippen LogP contribution in [0.25, 0.3) is 189 Å². The second-order valence-electron chi connectivity index (χ2n) is 23.8. The molecule has 0 N–H and O–H groups in total. The van der Waals surface area contributed by atoms with Gasteiger partial charge in [-0.25, -0.2) is 0 Å². The van der Waals surface area contributed by atoms with Gasteiger partial charge in [-0.05, 0) is 123 Å². The SMILES string of the molecule is [2H]c1c([2H])c([2H])c(-n2c3c([2H])c([2H])c([2H])c([2H])c3c3c([2H])c(C)c([2H])c([2H])c32)c(-c2nc(-n3c4ccccc4c4ccccc43)nc(-n3c4ccccc4c4ccccc43)n2)c1[2H].[2H]c1c([2H])c([2H])c(-n2c3c([2H])c([2H])c([2H])c([2H])c3c3c([2H])c([2H])c([2H])c([2H])c32)c(-c2nc(-n3c4c([2H])c([2H])c([2H])c([2H])c4c4c([2H])c([2H])c([2H])c([2H])c43)nc(-n3c4c([2H])c([2H])c([2H])c([2H])c4c4c([2H])c(C)c([2H])c([2H])c43)n2)c1[2H]. The maximum atomic E-state index is 9.64. The molecule has 488 valence electrons. The molecular weight excluding hydrogens is 1270 g/mol. The van der Waals surface area contributed by atoms with Crippen LogP contribution in [0.4, 0.5) is 0 Å². The van der Waals surface area contributed by atoms with Gasteiger partial charge in [-0.1, -0.05) is 229 Å². The van der Waals surface area contributed by atoms with E-state index in [1.165, 1.54) is 13.8 Å². The first-order valence-corrected chi connectivity index (χ1v) is 32.0. The van der Waals surface area contributed by atoms with Crippen molar-refractivity contribution in [1.82, 2.24) is 57.3 Å². The molecule has 0 aliphatic heterocycles. The fraction of sp³-hybridized carbons (Fsp3) is 0.0217. The Hall–Kier alpha value is -14.1. The summed E-state index contributed by atoms with van der Waals surface area (Å²) < 4.78 is 351. The van der Waals surface area contributed by atoms with Crippen molar-refractivity contribution in [3.05, 3.63) is 338 Å². The molecule has 12 heteroatoms. The van der Waals surface area contributed by atoms with Crippen molar-refractivity contribution in [2.24, 2.45) is 0 Å². The van der Waals surface area contributed by atoms with Crippen LogP contribution in [0.2, 0.25) is 0 Å². The molecule has 0 unspecified atom stereocenters. The molecule has 0 spiro atoms. The van der Waals surface area contributed by atoms with Crippen molar-refractivity contribution < 1.29 is 52.1 Å². The zero-order valence-electron chi connectivity index (χ0n) is 91.6. The largest absolute Gasteiger partial charge is 0.309 e. The molecule has 0 fully saturated rings. The summed E-state index contributed by atoms with van der Waals surface area (Å²) in [5, 5.41) is 0.652. The molecule has 0 aliphatic rings. The van der Waals surface area contributed by atoms with Gasteiger partial charge in [0.25, 0.3) is 0 Å². The number of para-hydroxylation sites is 12. The number of rotatable bonds is 8. The monoisotopic (exact) mass is 1370 g/mol. The predicted molar refractivity (Wildman–Crippen MR) is 426 cm³/mol. The van der Waals surface area contributed by atoms with Gasteiger partial charge in [-0.3, -0.25) is 18.3 Å². The Labute approximate surface area is 648 Å². The topological polar surface area (TPSA) is 107 Å². The summed E-state index contributed by atoms with van der Waals surface area (Å²) in [5.41, 5.74) is -3.35. The van der Waals surface area contributed by atoms with Crippen LogP contribution >= 0.6 is 0 Å². The van der Waals surface area contributed by atoms with Crippen LogP contribution in [-0.4, -0.2) is 57.3 Å². The highest BCUT2D eigenvalue weighted by Crippen LogP contribution is 2.42. The molecule has 0 aliphatic carbocycles. The van der Waals surface area contributed by atoms with Gasteiger partial charge in [0.1, 0.15) is 0 Å². The van der Waals surface area contributed by atoms with Crippen LogP contribution in [0.3, 0.4) is 0 Å². The Morgan fingerprint density at radius 1 is 0.212 bits per heavy atom. The first kappa shape index (κ1) is 32.5. The van der Waals surface area contributed by atoms with E-state index >= 15 is 0 Å². The summed E-state index contributed by atoms with van der Waals surface area (Å²) in [5.74, 6) is -2.76. The van der Waals surface area contributed by atoms with E-state index < -0.39 is 307 Å². The lowest BCUT2D eigenvalue weighted by atomic mass is 10.1. The minimum Gasteiger partial charge on any atom is -0.309 e. The van der Waals surface area contributed by atoms with Gasteiger partial charge in [-0.2, -0.15) is 29.9 Å². The van der Waals surface area contributed by atoms with Crippen LogP contribution in [-0.2, 0) is 0 Å². The smallest absolute Gasteiger partial charge is 0.240 e. The first-order chi connectivity index (χ1) is 67.3. The fourth-order valence-electron chi connectivity index (χ4n) is 13.8. The minimum absolute atomic E-state index is 0.0681. The van der Waals surface area contributed by atoms with E-state index in [0.717, 1.165) is 61.9 Å². The number of hydrogen-bond acceptors (Lipinski definition) is 6. The van der Waals surface area contributed by atoms with E-state index in [1.807, 2.05) is 106 Å². The Morgan fingerprint density at radius 3 is 0.779 bits per heavy atom. The summed E-state index contributed by atoms with van der Waals surface area (Å²) in [6.07, 6.45) is 0. The van der Waals surface area contributed by atoms with Crippen molar-refractivity contribution >= 4 is 131 Å². The molecule has 8 heterocycles. The number of benzene rings is 14. The van der Waals surface area contributed by atoms with Crippen LogP contribution in [0.1, 0.15) is 63.2 Å². The first-order valence-electron chi connectivity index (χ1n) is 51.0. The molecule has 0 radical (unpaired) electrons. The zero-order chi connectivity index (χ0) is 102. The molecule has 0 bridgehead atoms. The van der Waals surface area contributed by atoms with Crippen molar-refractivity contribution in [3.8, 4) is 57.9 Å². The summed E-state index contributed by atoms with van der Waals surface area (Å²) in [6.45, 7) is 2.80. The van der Waals surface area contributed by atoms with Gasteiger partial charge in [0, 0.05) is 75.8 Å². The second-order valence-corrected chi connectivity index (χ2v) is 23.8. The summed E-state index contributed by atoms with van der Waals surface area (Å²) in [4.78, 5) is 29.2. The van der Waals surface area contributed by atoms with Gasteiger partial charge in [0.2, 0.25) is 23.8 Å². The van der Waals surface area contributed by atoms with Crippen molar-refractivity contribution in [2.75, 3.05) is 0 Å². The molecule has 104 heavy (non-hydrogen) atoms. The fourth-order valence-corrected chi connectivity index (χ4v) is 13.8. The molecule has 0 saturated carbocycles. The lowest BCUT2D eigenvalue weighted by Gasteiger charge is -2.16. The third kappa shape index (κ3) is 8.98. The predicted octanol–water partition coefficient (Wildman–Crippen LogP) is 22.3. The van der Waals surface area contributed by atoms with Gasteiger partial charge in [0.15, 0.2) is 11.6 Å². The summed E-state index contributed by atoms with van der Waals surface area (Å²) >= 11 is 0. The van der Waals surface area contributed by atoms with E-state index in [9.17, 15) is 19.2 Å². The molecular formula is C92H60N12.